The Morgan fingerprint density at radius 2 is 0.909 bits per heavy atom. The zero-order valence-electron chi connectivity index (χ0n) is 6.42. The van der Waals surface area contributed by atoms with Crippen molar-refractivity contribution < 1.29 is 50.2 Å². The minimum Gasteiger partial charge on any atom is -0.481 e. The number of rotatable bonds is 0. The molecule has 0 aliphatic carbocycles. The molecule has 6 nitrogen and oxygen atoms in total. The topological polar surface area (TPSA) is 138 Å². The summed E-state index contributed by atoms with van der Waals surface area (Å²) in [5, 5.41) is 14.8. The standard InChI is InChI=1S/2C2H4O2.2H2O.Zn/c2*1-2(3)4;;;/h2*1H3,(H,3,4);2*1H2;. The minimum atomic E-state index is -0.833. The van der Waals surface area contributed by atoms with Crippen LogP contribution in [0.2, 0.25) is 0 Å². The smallest absolute Gasteiger partial charge is 0.300 e. The van der Waals surface area contributed by atoms with E-state index in [4.69, 9.17) is 19.8 Å². The molecule has 11 heavy (non-hydrogen) atoms. The van der Waals surface area contributed by atoms with Crippen molar-refractivity contribution in [3.05, 3.63) is 0 Å². The monoisotopic (exact) mass is 220 g/mol. The molecule has 6 N–H and O–H groups in total. The SMILES string of the molecule is CC(=O)O.CC(=O)O.O.O.[Zn]. The number of hydrogen-bond acceptors (Lipinski definition) is 2. The molecule has 0 amide bonds. The van der Waals surface area contributed by atoms with E-state index in [-0.39, 0.29) is 30.4 Å². The second kappa shape index (κ2) is 22.7. The molecule has 0 aromatic rings. The second-order valence-corrected chi connectivity index (χ2v) is 1.04. The average molecular weight is 222 g/mol. The van der Waals surface area contributed by atoms with Gasteiger partial charge in [0.2, 0.25) is 0 Å². The summed E-state index contributed by atoms with van der Waals surface area (Å²) in [6.45, 7) is 2.17. The third-order valence-electron chi connectivity index (χ3n) is 0. The van der Waals surface area contributed by atoms with Crippen LogP contribution in [0.1, 0.15) is 13.8 Å². The van der Waals surface area contributed by atoms with Crippen LogP contribution in [0.15, 0.2) is 0 Å². The molecule has 66 valence electrons. The molecule has 0 fully saturated rings. The Hall–Kier alpha value is -0.517. The number of hydrogen-bond donors (Lipinski definition) is 2. The van der Waals surface area contributed by atoms with E-state index in [1.54, 1.807) is 0 Å². The molecule has 0 rings (SSSR count). The van der Waals surface area contributed by atoms with Gasteiger partial charge in [-0.2, -0.15) is 0 Å². The van der Waals surface area contributed by atoms with Gasteiger partial charge in [0.05, 0.1) is 0 Å². The van der Waals surface area contributed by atoms with Gasteiger partial charge in [-0.1, -0.05) is 0 Å². The van der Waals surface area contributed by atoms with E-state index >= 15 is 0 Å². The largest absolute Gasteiger partial charge is 0.481 e. The van der Waals surface area contributed by atoms with Crippen molar-refractivity contribution in [2.24, 2.45) is 0 Å². The summed E-state index contributed by atoms with van der Waals surface area (Å²) in [4.78, 5) is 18.0. The quantitative estimate of drug-likeness (QED) is 0.482. The van der Waals surface area contributed by atoms with Gasteiger partial charge in [-0.25, -0.2) is 0 Å². The van der Waals surface area contributed by atoms with Gasteiger partial charge in [0.1, 0.15) is 0 Å². The Kier molecular flexibility index (Phi) is 64.7. The van der Waals surface area contributed by atoms with Crippen LogP contribution < -0.4 is 0 Å². The van der Waals surface area contributed by atoms with E-state index in [9.17, 15) is 0 Å². The van der Waals surface area contributed by atoms with E-state index in [1.165, 1.54) is 0 Å². The zero-order valence-corrected chi connectivity index (χ0v) is 9.39. The number of carbonyl (C=O) groups is 2. The first-order chi connectivity index (χ1) is 3.46. The summed E-state index contributed by atoms with van der Waals surface area (Å²) < 4.78 is 0. The van der Waals surface area contributed by atoms with Crippen molar-refractivity contribution in [1.29, 1.82) is 0 Å². The van der Waals surface area contributed by atoms with E-state index in [0.29, 0.717) is 0 Å². The van der Waals surface area contributed by atoms with Crippen molar-refractivity contribution in [2.75, 3.05) is 0 Å². The summed E-state index contributed by atoms with van der Waals surface area (Å²) in [5.41, 5.74) is 0. The summed E-state index contributed by atoms with van der Waals surface area (Å²) in [6.07, 6.45) is 0. The Morgan fingerprint density at radius 1 is 0.909 bits per heavy atom. The Morgan fingerprint density at radius 3 is 0.909 bits per heavy atom. The molecule has 0 radical (unpaired) electrons. The normalized spacial score (nSPS) is 4.55. The van der Waals surface area contributed by atoms with Crippen LogP contribution >= 0.6 is 0 Å². The fraction of sp³-hybridized carbons (Fsp3) is 0.500. The molecule has 0 aliphatic rings. The maximum atomic E-state index is 9.00. The maximum absolute atomic E-state index is 9.00. The van der Waals surface area contributed by atoms with Crippen LogP contribution in [0.4, 0.5) is 0 Å². The summed E-state index contributed by atoms with van der Waals surface area (Å²) >= 11 is 0. The molecule has 0 heterocycles. The van der Waals surface area contributed by atoms with Crippen LogP contribution in [0.5, 0.6) is 0 Å². The van der Waals surface area contributed by atoms with Crippen LogP contribution in [-0.4, -0.2) is 33.1 Å². The van der Waals surface area contributed by atoms with Crippen molar-refractivity contribution >= 4 is 11.9 Å². The first kappa shape index (κ1) is 31.4. The van der Waals surface area contributed by atoms with Crippen molar-refractivity contribution in [2.45, 2.75) is 13.8 Å². The predicted molar refractivity (Wildman–Crippen MR) is 33.8 cm³/mol. The van der Waals surface area contributed by atoms with Gasteiger partial charge in [0.25, 0.3) is 11.9 Å². The number of aliphatic carboxylic acids is 2. The fourth-order valence-corrected chi connectivity index (χ4v) is 0. The zero-order chi connectivity index (χ0) is 7.15. The molecule has 0 bridgehead atoms. The molecule has 0 aromatic carbocycles. The van der Waals surface area contributed by atoms with Crippen LogP contribution in [0, 0.1) is 0 Å². The summed E-state index contributed by atoms with van der Waals surface area (Å²) in [7, 11) is 0. The number of carboxylic acids is 2. The Labute approximate surface area is 76.6 Å². The van der Waals surface area contributed by atoms with E-state index in [1.807, 2.05) is 0 Å². The Balaban J connectivity index is -0.0000000171. The molecule has 0 saturated carbocycles. The second-order valence-electron chi connectivity index (χ2n) is 1.04. The molecule has 0 aliphatic heterocycles. The van der Waals surface area contributed by atoms with Crippen molar-refractivity contribution in [3.8, 4) is 0 Å². The van der Waals surface area contributed by atoms with Gasteiger partial charge in [0, 0.05) is 33.3 Å². The third-order valence-corrected chi connectivity index (χ3v) is 0. The summed E-state index contributed by atoms with van der Waals surface area (Å²) in [6, 6.07) is 0. The molecule has 0 spiro atoms. The van der Waals surface area contributed by atoms with Gasteiger partial charge in [-0.3, -0.25) is 9.59 Å². The van der Waals surface area contributed by atoms with Crippen LogP contribution in [0.25, 0.3) is 0 Å². The maximum Gasteiger partial charge on any atom is 0.300 e. The fourth-order valence-electron chi connectivity index (χ4n) is 0. The van der Waals surface area contributed by atoms with Gasteiger partial charge in [-0.05, 0) is 0 Å². The van der Waals surface area contributed by atoms with E-state index < -0.39 is 11.9 Å². The van der Waals surface area contributed by atoms with Crippen molar-refractivity contribution in [3.63, 3.8) is 0 Å². The van der Waals surface area contributed by atoms with E-state index in [0.717, 1.165) is 13.8 Å². The first-order valence-electron chi connectivity index (χ1n) is 1.86. The van der Waals surface area contributed by atoms with Crippen LogP contribution in [-0.2, 0) is 29.1 Å². The molecule has 7 heteroatoms. The van der Waals surface area contributed by atoms with Crippen LogP contribution in [0.3, 0.4) is 0 Å². The minimum absolute atomic E-state index is 0. The summed E-state index contributed by atoms with van der Waals surface area (Å²) in [5.74, 6) is -1.67. The molecule has 0 atom stereocenters. The molecular formula is C4H12O6Zn. The Bertz CT molecular complexity index is 72.6. The van der Waals surface area contributed by atoms with Crippen molar-refractivity contribution in [1.82, 2.24) is 0 Å². The molecule has 0 aromatic heterocycles. The molecule has 0 saturated heterocycles. The van der Waals surface area contributed by atoms with Gasteiger partial charge in [0.15, 0.2) is 0 Å². The van der Waals surface area contributed by atoms with Gasteiger partial charge < -0.3 is 21.2 Å². The number of carboxylic acid groups (broad SMARTS) is 2. The average Bonchev–Trinajstić information content (AvgIpc) is 1.25. The first-order valence-corrected chi connectivity index (χ1v) is 1.86. The van der Waals surface area contributed by atoms with Gasteiger partial charge >= 0.3 is 0 Å². The molecule has 0 unspecified atom stereocenters. The third kappa shape index (κ3) is 1990. The van der Waals surface area contributed by atoms with Gasteiger partial charge in [-0.15, -0.1) is 0 Å². The molecular weight excluding hydrogens is 209 g/mol. The predicted octanol–water partition coefficient (Wildman–Crippen LogP) is -1.47. The van der Waals surface area contributed by atoms with E-state index in [2.05, 4.69) is 0 Å².